The summed E-state index contributed by atoms with van der Waals surface area (Å²) in [7, 11) is 1.80. The minimum atomic E-state index is -0.461. The summed E-state index contributed by atoms with van der Waals surface area (Å²) in [4.78, 5) is 16.3. The highest BCUT2D eigenvalue weighted by Gasteiger charge is 2.25. The van der Waals surface area contributed by atoms with Crippen LogP contribution in [0.3, 0.4) is 0 Å². The van der Waals surface area contributed by atoms with Crippen LogP contribution in [0.4, 0.5) is 4.79 Å². The average molecular weight is 427 g/mol. The van der Waals surface area contributed by atoms with Crippen molar-refractivity contribution in [3.8, 4) is 0 Å². The Morgan fingerprint density at radius 1 is 1.03 bits per heavy atom. The van der Waals surface area contributed by atoms with Crippen LogP contribution in [0.2, 0.25) is 0 Å². The van der Waals surface area contributed by atoms with E-state index in [0.29, 0.717) is 12.0 Å². The summed E-state index contributed by atoms with van der Waals surface area (Å²) >= 11 is 0. The molecule has 0 aromatic heterocycles. The Labute approximate surface area is 181 Å². The van der Waals surface area contributed by atoms with Gasteiger partial charge in [-0.15, -0.1) is 0 Å². The van der Waals surface area contributed by atoms with Gasteiger partial charge in [0.2, 0.25) is 0 Å². The Bertz CT molecular complexity index is 522. The second-order valence-corrected chi connectivity index (χ2v) is 9.32. The number of carbonyl (C=O) groups is 1. The van der Waals surface area contributed by atoms with Crippen LogP contribution in [-0.4, -0.2) is 69.8 Å². The molecule has 1 heterocycles. The van der Waals surface area contributed by atoms with E-state index in [1.54, 1.807) is 7.05 Å². The van der Waals surface area contributed by atoms with Crippen molar-refractivity contribution in [3.63, 3.8) is 0 Å². The first-order chi connectivity index (χ1) is 14.4. The maximum absolute atomic E-state index is 11.9. The van der Waals surface area contributed by atoms with Crippen molar-refractivity contribution in [1.29, 1.82) is 0 Å². The van der Waals surface area contributed by atoms with Crippen LogP contribution in [0.25, 0.3) is 0 Å². The van der Waals surface area contributed by atoms with E-state index in [9.17, 15) is 4.79 Å². The lowest BCUT2D eigenvalue weighted by atomic mass is 9.91. The average Bonchev–Trinajstić information content (AvgIpc) is 2.70. The molecule has 174 valence electrons. The van der Waals surface area contributed by atoms with Gasteiger partial charge < -0.3 is 30.2 Å². The lowest BCUT2D eigenvalue weighted by Gasteiger charge is -2.31. The van der Waals surface area contributed by atoms with Gasteiger partial charge in [0.15, 0.2) is 5.96 Å². The van der Waals surface area contributed by atoms with Crippen molar-refractivity contribution in [2.75, 3.05) is 40.0 Å². The smallest absolute Gasteiger partial charge is 0.407 e. The molecule has 0 radical (unpaired) electrons. The van der Waals surface area contributed by atoms with Crippen LogP contribution in [0.5, 0.6) is 0 Å². The predicted octanol–water partition coefficient (Wildman–Crippen LogP) is 2.82. The van der Waals surface area contributed by atoms with E-state index >= 15 is 0 Å². The van der Waals surface area contributed by atoms with E-state index in [2.05, 4.69) is 20.9 Å². The molecule has 2 rings (SSSR count). The zero-order valence-electron chi connectivity index (χ0n) is 19.3. The molecule has 8 heteroatoms. The number of nitrogens with zero attached hydrogens (tertiary/aromatic N) is 1. The van der Waals surface area contributed by atoms with Gasteiger partial charge in [0.05, 0.1) is 0 Å². The Morgan fingerprint density at radius 3 is 2.27 bits per heavy atom. The van der Waals surface area contributed by atoms with Crippen molar-refractivity contribution < 1.29 is 19.0 Å². The standard InChI is InChI=1S/C22H42N4O4/c1-22(2,3)30-21(27)26-19-8-6-18(7-9-19)25-20(23-4)24-12-5-13-29-16-17-10-14-28-15-11-17/h17-19H,5-16H2,1-4H3,(H,26,27)(H2,23,24,25). The molecule has 1 saturated carbocycles. The van der Waals surface area contributed by atoms with E-state index < -0.39 is 5.60 Å². The van der Waals surface area contributed by atoms with Gasteiger partial charge in [-0.05, 0) is 71.6 Å². The molecule has 0 aromatic rings. The van der Waals surface area contributed by atoms with Gasteiger partial charge in [0.25, 0.3) is 0 Å². The quantitative estimate of drug-likeness (QED) is 0.314. The van der Waals surface area contributed by atoms with Gasteiger partial charge in [-0.25, -0.2) is 4.79 Å². The molecule has 30 heavy (non-hydrogen) atoms. The van der Waals surface area contributed by atoms with Crippen LogP contribution < -0.4 is 16.0 Å². The first kappa shape index (κ1) is 24.7. The minimum absolute atomic E-state index is 0.181. The molecule has 1 aliphatic heterocycles. The third-order valence-corrected chi connectivity index (χ3v) is 5.46. The number of guanidine groups is 1. The molecule has 1 amide bonds. The normalized spacial score (nSPS) is 23.7. The molecule has 3 N–H and O–H groups in total. The van der Waals surface area contributed by atoms with Crippen LogP contribution in [0.1, 0.15) is 65.7 Å². The maximum Gasteiger partial charge on any atom is 0.407 e. The van der Waals surface area contributed by atoms with E-state index in [4.69, 9.17) is 14.2 Å². The molecular formula is C22H42N4O4. The van der Waals surface area contributed by atoms with Crippen molar-refractivity contribution in [1.82, 2.24) is 16.0 Å². The summed E-state index contributed by atoms with van der Waals surface area (Å²) in [5.41, 5.74) is -0.461. The van der Waals surface area contributed by atoms with Crippen LogP contribution in [0, 0.1) is 5.92 Å². The van der Waals surface area contributed by atoms with Crippen LogP contribution in [0.15, 0.2) is 4.99 Å². The minimum Gasteiger partial charge on any atom is -0.444 e. The zero-order valence-corrected chi connectivity index (χ0v) is 19.3. The fraction of sp³-hybridized carbons (Fsp3) is 0.909. The van der Waals surface area contributed by atoms with Gasteiger partial charge >= 0.3 is 6.09 Å². The SMILES string of the molecule is CN=C(NCCCOCC1CCOCC1)NC1CCC(NC(=O)OC(C)(C)C)CC1. The van der Waals surface area contributed by atoms with E-state index in [1.165, 1.54) is 0 Å². The number of amides is 1. The molecule has 1 aliphatic carbocycles. The van der Waals surface area contributed by atoms with Crippen molar-refractivity contribution in [2.45, 2.75) is 83.4 Å². The van der Waals surface area contributed by atoms with Gasteiger partial charge in [0, 0.05) is 52.1 Å². The summed E-state index contributed by atoms with van der Waals surface area (Å²) in [5.74, 6) is 1.49. The maximum atomic E-state index is 11.9. The van der Waals surface area contributed by atoms with E-state index in [-0.39, 0.29) is 12.1 Å². The monoisotopic (exact) mass is 426 g/mol. The number of ether oxygens (including phenoxy) is 3. The topological polar surface area (TPSA) is 93.2 Å². The highest BCUT2D eigenvalue weighted by Crippen LogP contribution is 2.19. The first-order valence-corrected chi connectivity index (χ1v) is 11.5. The van der Waals surface area contributed by atoms with Crippen molar-refractivity contribution >= 4 is 12.1 Å². The second kappa shape index (κ2) is 13.0. The molecule has 0 spiro atoms. The van der Waals surface area contributed by atoms with Crippen LogP contribution >= 0.6 is 0 Å². The Morgan fingerprint density at radius 2 is 1.67 bits per heavy atom. The number of hydrogen-bond donors (Lipinski definition) is 3. The molecule has 0 bridgehead atoms. The van der Waals surface area contributed by atoms with Gasteiger partial charge in [-0.1, -0.05) is 0 Å². The summed E-state index contributed by atoms with van der Waals surface area (Å²) < 4.78 is 16.5. The van der Waals surface area contributed by atoms with Crippen molar-refractivity contribution in [2.24, 2.45) is 10.9 Å². The number of alkyl carbamates (subject to hydrolysis) is 1. The predicted molar refractivity (Wildman–Crippen MR) is 119 cm³/mol. The molecule has 0 unspecified atom stereocenters. The van der Waals surface area contributed by atoms with Gasteiger partial charge in [-0.3, -0.25) is 4.99 Å². The Kier molecular flexibility index (Phi) is 10.7. The molecular weight excluding hydrogens is 384 g/mol. The number of aliphatic imine (C=N–C) groups is 1. The number of nitrogens with one attached hydrogen (secondary N) is 3. The van der Waals surface area contributed by atoms with Crippen molar-refractivity contribution in [3.05, 3.63) is 0 Å². The summed E-state index contributed by atoms with van der Waals surface area (Å²) in [6, 6.07) is 0.554. The first-order valence-electron chi connectivity index (χ1n) is 11.5. The van der Waals surface area contributed by atoms with Crippen LogP contribution in [-0.2, 0) is 14.2 Å². The lowest BCUT2D eigenvalue weighted by Crippen LogP contribution is -2.48. The molecule has 0 atom stereocenters. The summed E-state index contributed by atoms with van der Waals surface area (Å²) in [5, 5.41) is 9.86. The Balaban J connectivity index is 1.53. The van der Waals surface area contributed by atoms with Gasteiger partial charge in [-0.2, -0.15) is 0 Å². The molecule has 2 fully saturated rings. The second-order valence-electron chi connectivity index (χ2n) is 9.32. The highest BCUT2D eigenvalue weighted by atomic mass is 16.6. The summed E-state index contributed by atoms with van der Waals surface area (Å²) in [6.07, 6.45) is 6.73. The molecule has 1 saturated heterocycles. The highest BCUT2D eigenvalue weighted by molar-refractivity contribution is 5.79. The lowest BCUT2D eigenvalue weighted by molar-refractivity contribution is 0.0203. The fourth-order valence-corrected chi connectivity index (χ4v) is 3.79. The Hall–Kier alpha value is -1.54. The third kappa shape index (κ3) is 10.5. The third-order valence-electron chi connectivity index (χ3n) is 5.46. The number of hydrogen-bond acceptors (Lipinski definition) is 5. The summed E-state index contributed by atoms with van der Waals surface area (Å²) in [6.45, 7) is 9.83. The number of rotatable bonds is 8. The van der Waals surface area contributed by atoms with E-state index in [0.717, 1.165) is 83.9 Å². The fourth-order valence-electron chi connectivity index (χ4n) is 3.79. The van der Waals surface area contributed by atoms with E-state index in [1.807, 2.05) is 20.8 Å². The molecule has 0 aromatic carbocycles. The number of carbonyl (C=O) groups excluding carboxylic acids is 1. The zero-order chi connectivity index (χ0) is 21.8. The molecule has 8 nitrogen and oxygen atoms in total. The van der Waals surface area contributed by atoms with Gasteiger partial charge in [0.1, 0.15) is 5.60 Å². The largest absolute Gasteiger partial charge is 0.444 e. The molecule has 2 aliphatic rings.